The Bertz CT molecular complexity index is 319. The van der Waals surface area contributed by atoms with Crippen LogP contribution in [0, 0.1) is 0 Å². The Balaban J connectivity index is 3.11. The summed E-state index contributed by atoms with van der Waals surface area (Å²) in [5.41, 5.74) is 8.00. The number of rotatable bonds is 1. The summed E-state index contributed by atoms with van der Waals surface area (Å²) in [4.78, 5) is 24.4. The number of azide groups is 1. The summed E-state index contributed by atoms with van der Waals surface area (Å²) in [6.45, 7) is 0. The van der Waals surface area contributed by atoms with Crippen LogP contribution >= 0.6 is 31.9 Å². The molecule has 6 nitrogen and oxygen atoms in total. The van der Waals surface area contributed by atoms with Crippen molar-refractivity contribution in [2.24, 2.45) is 5.22 Å². The van der Waals surface area contributed by atoms with Gasteiger partial charge in [-0.1, -0.05) is 0 Å². The van der Waals surface area contributed by atoms with Crippen LogP contribution in [0.3, 0.4) is 0 Å². The third-order valence-corrected chi connectivity index (χ3v) is 3.09. The van der Waals surface area contributed by atoms with Crippen molar-refractivity contribution in [3.05, 3.63) is 19.4 Å². The predicted octanol–water partition coefficient (Wildman–Crippen LogP) is 1.58. The lowest BCUT2D eigenvalue weighted by Gasteiger charge is -1.97. The first-order valence-corrected chi connectivity index (χ1v) is 4.17. The minimum Gasteiger partial charge on any atom is -0.239 e. The number of nitrogens with zero attached hydrogens (tertiary/aromatic N) is 4. The minimum absolute atomic E-state index is 0.0555. The Labute approximate surface area is 83.1 Å². The van der Waals surface area contributed by atoms with Gasteiger partial charge in [0, 0.05) is 0 Å². The van der Waals surface area contributed by atoms with Crippen LogP contribution < -0.4 is 0 Å². The molecule has 0 unspecified atom stereocenters. The zero-order valence-corrected chi connectivity index (χ0v) is 8.53. The topological polar surface area (TPSA) is 86.1 Å². The molecule has 0 bridgehead atoms. The molecule has 1 heterocycles. The number of carbonyl (C=O) groups excluding carboxylic acids is 2. The van der Waals surface area contributed by atoms with E-state index in [4.69, 9.17) is 5.53 Å². The highest BCUT2D eigenvalue weighted by Crippen LogP contribution is 2.29. The molecule has 2 amide bonds. The second-order valence-corrected chi connectivity index (χ2v) is 3.31. The summed E-state index contributed by atoms with van der Waals surface area (Å²) in [5, 5.41) is 3.32. The number of hydrogen-bond donors (Lipinski definition) is 0. The van der Waals surface area contributed by atoms with Crippen LogP contribution in [0.15, 0.2) is 14.2 Å². The Morgan fingerprint density at radius 3 is 2.00 bits per heavy atom. The zero-order valence-electron chi connectivity index (χ0n) is 5.36. The zero-order chi connectivity index (χ0) is 9.30. The van der Waals surface area contributed by atoms with Crippen LogP contribution in [0.25, 0.3) is 10.4 Å². The molecule has 12 heavy (non-hydrogen) atoms. The smallest absolute Gasteiger partial charge is 0.239 e. The molecule has 0 radical (unpaired) electrons. The van der Waals surface area contributed by atoms with Crippen molar-refractivity contribution >= 4 is 43.7 Å². The first kappa shape index (κ1) is 9.24. The van der Waals surface area contributed by atoms with Crippen molar-refractivity contribution in [1.82, 2.24) is 5.01 Å². The van der Waals surface area contributed by atoms with E-state index in [2.05, 4.69) is 42.0 Å². The normalized spacial score (nSPS) is 17.0. The molecule has 0 N–H and O–H groups in total. The van der Waals surface area contributed by atoms with Crippen LogP contribution in [0.4, 0.5) is 0 Å². The van der Waals surface area contributed by atoms with E-state index in [-0.39, 0.29) is 8.96 Å². The molecule has 0 aromatic rings. The summed E-state index contributed by atoms with van der Waals surface area (Å²) < 4.78 is 0.111. The van der Waals surface area contributed by atoms with Gasteiger partial charge >= 0.3 is 11.8 Å². The van der Waals surface area contributed by atoms with Crippen LogP contribution in [0.2, 0.25) is 0 Å². The van der Waals surface area contributed by atoms with E-state index in [1.54, 1.807) is 0 Å². The monoisotopic (exact) mass is 294 g/mol. The fourth-order valence-electron chi connectivity index (χ4n) is 0.587. The first-order valence-electron chi connectivity index (χ1n) is 2.58. The molecule has 0 aromatic carbocycles. The van der Waals surface area contributed by atoms with Crippen molar-refractivity contribution in [3.8, 4) is 0 Å². The Morgan fingerprint density at radius 1 is 1.25 bits per heavy atom. The summed E-state index contributed by atoms with van der Waals surface area (Å²) in [5.74, 6) is -1.35. The molecule has 0 aliphatic carbocycles. The molecule has 0 spiro atoms. The lowest BCUT2D eigenvalue weighted by atomic mass is 10.6. The van der Waals surface area contributed by atoms with Gasteiger partial charge in [-0.2, -0.15) is 4.91 Å². The Morgan fingerprint density at radius 2 is 1.67 bits per heavy atom. The summed E-state index contributed by atoms with van der Waals surface area (Å²) >= 11 is 5.71. The third-order valence-electron chi connectivity index (χ3n) is 1.08. The van der Waals surface area contributed by atoms with Gasteiger partial charge in [0.1, 0.15) is 8.96 Å². The summed E-state index contributed by atoms with van der Waals surface area (Å²) in [6, 6.07) is 0. The number of halogens is 2. The van der Waals surface area contributed by atoms with Crippen LogP contribution in [0.1, 0.15) is 0 Å². The SMILES string of the molecule is [N-]=[N+]=NN1C(=O)C(Br)=C(Br)C1=O. The van der Waals surface area contributed by atoms with Gasteiger partial charge in [0.15, 0.2) is 0 Å². The quantitative estimate of drug-likeness (QED) is 0.318. The number of hydrogen-bond acceptors (Lipinski definition) is 3. The van der Waals surface area contributed by atoms with E-state index in [1.807, 2.05) is 0 Å². The average molecular weight is 296 g/mol. The Hall–Kier alpha value is -0.850. The summed E-state index contributed by atoms with van der Waals surface area (Å²) in [6.07, 6.45) is 0. The maximum absolute atomic E-state index is 11.0. The molecule has 62 valence electrons. The predicted molar refractivity (Wildman–Crippen MR) is 45.9 cm³/mol. The molecule has 0 aromatic heterocycles. The molecule has 0 saturated heterocycles. The fourth-order valence-corrected chi connectivity index (χ4v) is 1.26. The van der Waals surface area contributed by atoms with Crippen molar-refractivity contribution in [3.63, 3.8) is 0 Å². The number of imide groups is 1. The molecule has 8 heteroatoms. The maximum Gasteiger partial charge on any atom is 0.360 e. The van der Waals surface area contributed by atoms with Gasteiger partial charge in [-0.25, -0.2) is 9.59 Å². The van der Waals surface area contributed by atoms with Crippen molar-refractivity contribution in [1.29, 1.82) is 0 Å². The standard InChI is InChI=1S/C4Br2N4O2/c5-1-2(6)4(12)10(3(1)11)9-8-7. The molecule has 1 aliphatic rings. The number of carbonyl (C=O) groups is 2. The van der Waals surface area contributed by atoms with Crippen molar-refractivity contribution in [2.75, 3.05) is 0 Å². The van der Waals surface area contributed by atoms with Crippen LogP contribution in [-0.2, 0) is 9.59 Å². The lowest BCUT2D eigenvalue weighted by Crippen LogP contribution is -2.24. The summed E-state index contributed by atoms with van der Waals surface area (Å²) in [7, 11) is 0. The van der Waals surface area contributed by atoms with E-state index in [9.17, 15) is 9.59 Å². The number of amides is 2. The Kier molecular flexibility index (Phi) is 2.51. The highest BCUT2D eigenvalue weighted by atomic mass is 79.9. The minimum atomic E-state index is -0.676. The second-order valence-electron chi connectivity index (χ2n) is 1.73. The van der Waals surface area contributed by atoms with Crippen LogP contribution in [-0.4, -0.2) is 16.8 Å². The third kappa shape index (κ3) is 1.24. The van der Waals surface area contributed by atoms with Crippen molar-refractivity contribution in [2.45, 2.75) is 0 Å². The van der Waals surface area contributed by atoms with Gasteiger partial charge in [0.2, 0.25) is 0 Å². The maximum atomic E-state index is 11.0. The van der Waals surface area contributed by atoms with E-state index < -0.39 is 11.8 Å². The molecule has 1 aliphatic heterocycles. The van der Waals surface area contributed by atoms with E-state index in [1.165, 1.54) is 0 Å². The fraction of sp³-hybridized carbons (Fsp3) is 0. The van der Waals surface area contributed by atoms with E-state index in [0.29, 0.717) is 5.01 Å². The van der Waals surface area contributed by atoms with Gasteiger partial charge in [0.05, 0.1) is 0 Å². The van der Waals surface area contributed by atoms with Gasteiger partial charge in [0.25, 0.3) is 0 Å². The molecular weight excluding hydrogens is 296 g/mol. The molecular formula is C4Br2N4O2. The highest BCUT2D eigenvalue weighted by Gasteiger charge is 2.40. The van der Waals surface area contributed by atoms with Crippen LogP contribution in [0.5, 0.6) is 0 Å². The van der Waals surface area contributed by atoms with Gasteiger partial charge in [-0.05, 0) is 37.1 Å². The highest BCUT2D eigenvalue weighted by molar-refractivity contribution is 9.14. The molecule has 0 saturated carbocycles. The van der Waals surface area contributed by atoms with E-state index >= 15 is 0 Å². The molecule has 0 atom stereocenters. The van der Waals surface area contributed by atoms with E-state index in [0.717, 1.165) is 0 Å². The van der Waals surface area contributed by atoms with Gasteiger partial charge in [-0.3, -0.25) is 0 Å². The first-order chi connectivity index (χ1) is 5.59. The van der Waals surface area contributed by atoms with Gasteiger partial charge < -0.3 is 0 Å². The molecule has 0 fully saturated rings. The van der Waals surface area contributed by atoms with Gasteiger partial charge in [-0.15, -0.1) is 10.5 Å². The largest absolute Gasteiger partial charge is 0.360 e. The average Bonchev–Trinajstić information content (AvgIpc) is 2.23. The second kappa shape index (κ2) is 3.26. The van der Waals surface area contributed by atoms with Crippen molar-refractivity contribution < 1.29 is 9.59 Å². The molecule has 1 rings (SSSR count). The lowest BCUT2D eigenvalue weighted by molar-refractivity contribution is -0.137.